The number of rotatable bonds is 3. The van der Waals surface area contributed by atoms with E-state index in [1.54, 1.807) is 6.07 Å². The smallest absolute Gasteiger partial charge is 0.475 e. The average molecular weight is 544 g/mol. The zero-order chi connectivity index (χ0) is 28.4. The van der Waals surface area contributed by atoms with Gasteiger partial charge in [0.2, 0.25) is 0 Å². The Balaban J connectivity index is 0.000000404. The number of aliphatic carboxylic acids is 2. The van der Waals surface area contributed by atoms with Crippen LogP contribution in [0.5, 0.6) is 0 Å². The summed E-state index contributed by atoms with van der Waals surface area (Å²) in [5.41, 5.74) is 7.20. The molecule has 2 fully saturated rings. The number of halogens is 7. The minimum atomic E-state index is -5.08. The second-order valence-electron chi connectivity index (χ2n) is 8.39. The van der Waals surface area contributed by atoms with Gasteiger partial charge >= 0.3 is 24.3 Å². The first-order chi connectivity index (χ1) is 17.1. The molecule has 1 aromatic carbocycles. The van der Waals surface area contributed by atoms with Gasteiger partial charge in [-0.15, -0.1) is 0 Å². The zero-order valence-electron chi connectivity index (χ0n) is 19.4. The van der Waals surface area contributed by atoms with Crippen molar-refractivity contribution < 1.29 is 50.5 Å². The molecule has 0 bridgehead atoms. The summed E-state index contributed by atoms with van der Waals surface area (Å²) >= 11 is 0. The summed E-state index contributed by atoms with van der Waals surface area (Å²) in [6, 6.07) is 7.83. The normalized spacial score (nSPS) is 21.9. The third-order valence-corrected chi connectivity index (χ3v) is 5.61. The fraction of sp³-hybridized carbons (Fsp3) is 0.591. The number of nitrogens with zero attached hydrogens (tertiary/aromatic N) is 2. The maximum atomic E-state index is 13.8. The van der Waals surface area contributed by atoms with E-state index in [1.165, 1.54) is 18.9 Å². The lowest BCUT2D eigenvalue weighted by atomic mass is 9.89. The van der Waals surface area contributed by atoms with Crippen molar-refractivity contribution in [1.29, 1.82) is 5.26 Å². The van der Waals surface area contributed by atoms with Crippen molar-refractivity contribution in [3.05, 3.63) is 29.6 Å². The summed E-state index contributed by atoms with van der Waals surface area (Å²) < 4.78 is 77.3. The van der Waals surface area contributed by atoms with Crippen LogP contribution in [0.3, 0.4) is 0 Å². The highest BCUT2D eigenvalue weighted by molar-refractivity contribution is 5.73. The molecule has 0 spiro atoms. The minimum absolute atomic E-state index is 0.105. The number of carboxylic acid groups (broad SMARTS) is 2. The van der Waals surface area contributed by atoms with Gasteiger partial charge in [-0.05, 0) is 43.9 Å². The van der Waals surface area contributed by atoms with E-state index in [2.05, 4.69) is 10.2 Å². The van der Waals surface area contributed by atoms with Crippen LogP contribution < -0.4 is 16.0 Å². The minimum Gasteiger partial charge on any atom is -0.475 e. The van der Waals surface area contributed by atoms with Gasteiger partial charge in [0.15, 0.2) is 0 Å². The monoisotopic (exact) mass is 544 g/mol. The van der Waals surface area contributed by atoms with Crippen LogP contribution in [0.2, 0.25) is 0 Å². The van der Waals surface area contributed by atoms with Crippen LogP contribution in [0.25, 0.3) is 0 Å². The molecular weight excluding hydrogens is 517 g/mol. The van der Waals surface area contributed by atoms with Crippen LogP contribution in [-0.4, -0.2) is 65.7 Å². The first-order valence-corrected chi connectivity index (χ1v) is 11.1. The molecular formula is C22H27F7N4O4. The van der Waals surface area contributed by atoms with Crippen LogP contribution >= 0.6 is 0 Å². The third-order valence-electron chi connectivity index (χ3n) is 5.61. The Morgan fingerprint density at radius 2 is 1.54 bits per heavy atom. The Bertz CT molecular complexity index is 926. The number of benzene rings is 1. The topological polar surface area (TPSA) is 140 Å². The Kier molecular flexibility index (Phi) is 12.1. The first kappa shape index (κ1) is 31.9. The molecule has 2 aliphatic rings. The fourth-order valence-electron chi connectivity index (χ4n) is 3.81. The molecule has 15 heteroatoms. The van der Waals surface area contributed by atoms with E-state index in [4.69, 9.17) is 30.8 Å². The van der Waals surface area contributed by atoms with Gasteiger partial charge in [-0.3, -0.25) is 0 Å². The lowest BCUT2D eigenvalue weighted by Gasteiger charge is -2.39. The molecule has 3 rings (SSSR count). The molecule has 1 aliphatic heterocycles. The molecule has 0 radical (unpaired) electrons. The second-order valence-corrected chi connectivity index (χ2v) is 8.39. The van der Waals surface area contributed by atoms with Gasteiger partial charge in [0.05, 0.1) is 5.56 Å². The average Bonchev–Trinajstić information content (AvgIpc) is 2.80. The lowest BCUT2D eigenvalue weighted by Crippen LogP contribution is -2.55. The van der Waals surface area contributed by atoms with Gasteiger partial charge in [-0.25, -0.2) is 14.0 Å². The summed E-state index contributed by atoms with van der Waals surface area (Å²) in [7, 11) is 0. The highest BCUT2D eigenvalue weighted by Crippen LogP contribution is 2.24. The Labute approximate surface area is 207 Å². The summed E-state index contributed by atoms with van der Waals surface area (Å²) in [4.78, 5) is 20.0. The van der Waals surface area contributed by atoms with E-state index in [1.807, 2.05) is 12.1 Å². The van der Waals surface area contributed by atoms with E-state index in [0.717, 1.165) is 44.5 Å². The SMILES string of the molecule is N#Cc1ccc(N2CCCC(N[C@@H]3CCCC[C@H]3N)C2)cc1F.O=C(O)C(F)(F)F.O=C(O)C(F)(F)F. The van der Waals surface area contributed by atoms with Gasteiger partial charge in [0.1, 0.15) is 11.9 Å². The number of carbonyl (C=O) groups is 2. The van der Waals surface area contributed by atoms with E-state index >= 15 is 0 Å². The summed E-state index contributed by atoms with van der Waals surface area (Å²) in [6.45, 7) is 1.80. The molecule has 0 aromatic heterocycles. The molecule has 0 amide bonds. The fourth-order valence-corrected chi connectivity index (χ4v) is 3.81. The molecule has 1 aliphatic carbocycles. The third kappa shape index (κ3) is 11.2. The van der Waals surface area contributed by atoms with E-state index in [0.29, 0.717) is 12.1 Å². The summed E-state index contributed by atoms with van der Waals surface area (Å²) in [5, 5.41) is 26.8. The number of carboxylic acids is 2. The lowest BCUT2D eigenvalue weighted by molar-refractivity contribution is -0.193. The van der Waals surface area contributed by atoms with E-state index < -0.39 is 30.1 Å². The van der Waals surface area contributed by atoms with Gasteiger partial charge in [0.25, 0.3) is 0 Å². The van der Waals surface area contributed by atoms with Crippen molar-refractivity contribution in [2.24, 2.45) is 5.73 Å². The van der Waals surface area contributed by atoms with Crippen molar-refractivity contribution >= 4 is 17.6 Å². The number of nitrogens with one attached hydrogen (secondary N) is 1. The van der Waals surface area contributed by atoms with Crippen LogP contribution in [0, 0.1) is 17.1 Å². The first-order valence-electron chi connectivity index (χ1n) is 11.1. The largest absolute Gasteiger partial charge is 0.490 e. The molecule has 8 nitrogen and oxygen atoms in total. The summed E-state index contributed by atoms with van der Waals surface area (Å²) in [6.07, 6.45) is -3.19. The van der Waals surface area contributed by atoms with Crippen molar-refractivity contribution in [1.82, 2.24) is 5.32 Å². The molecule has 1 saturated heterocycles. The van der Waals surface area contributed by atoms with Crippen molar-refractivity contribution in [2.45, 2.75) is 69.0 Å². The number of hydrogen-bond donors (Lipinski definition) is 4. The van der Waals surface area contributed by atoms with Crippen LogP contribution in [0.1, 0.15) is 44.1 Å². The maximum absolute atomic E-state index is 13.8. The number of anilines is 1. The molecule has 1 heterocycles. The van der Waals surface area contributed by atoms with Gasteiger partial charge < -0.3 is 26.2 Å². The maximum Gasteiger partial charge on any atom is 0.490 e. The van der Waals surface area contributed by atoms with E-state index in [-0.39, 0.29) is 11.6 Å². The van der Waals surface area contributed by atoms with E-state index in [9.17, 15) is 30.7 Å². The van der Waals surface area contributed by atoms with Gasteiger partial charge in [-0.1, -0.05) is 12.8 Å². The highest BCUT2D eigenvalue weighted by Gasteiger charge is 2.39. The van der Waals surface area contributed by atoms with Crippen molar-refractivity contribution in [3.8, 4) is 6.07 Å². The van der Waals surface area contributed by atoms with Crippen molar-refractivity contribution in [3.63, 3.8) is 0 Å². The predicted molar refractivity (Wildman–Crippen MR) is 117 cm³/mol. The van der Waals surface area contributed by atoms with Crippen LogP contribution in [0.4, 0.5) is 36.4 Å². The Hall–Kier alpha value is -3.12. The summed E-state index contributed by atoms with van der Waals surface area (Å²) in [5.74, 6) is -5.95. The predicted octanol–water partition coefficient (Wildman–Crippen LogP) is 3.79. The quantitative estimate of drug-likeness (QED) is 0.422. The standard InChI is InChI=1S/C18H25FN4.2C2HF3O2/c19-16-10-15(8-7-13(16)11-20)23-9-3-4-14(12-23)22-18-6-2-1-5-17(18)21;2*3-2(4,5)1(6)7/h7-8,10,14,17-18,22H,1-6,9,12,21H2;2*(H,6,7)/t14?,17-,18-;;/m1../s1. The molecule has 1 aromatic rings. The second kappa shape index (κ2) is 14.0. The molecule has 37 heavy (non-hydrogen) atoms. The van der Waals surface area contributed by atoms with Crippen LogP contribution in [-0.2, 0) is 9.59 Å². The van der Waals surface area contributed by atoms with Gasteiger partial charge in [0, 0.05) is 36.9 Å². The molecule has 3 atom stereocenters. The molecule has 1 saturated carbocycles. The Morgan fingerprint density at radius 3 is 2.00 bits per heavy atom. The number of piperidine rings is 1. The number of hydrogen-bond acceptors (Lipinski definition) is 6. The zero-order valence-corrected chi connectivity index (χ0v) is 19.4. The molecule has 1 unspecified atom stereocenters. The molecule has 208 valence electrons. The van der Waals surface area contributed by atoms with Crippen LogP contribution in [0.15, 0.2) is 18.2 Å². The number of nitriles is 1. The highest BCUT2D eigenvalue weighted by atomic mass is 19.4. The van der Waals surface area contributed by atoms with Crippen molar-refractivity contribution in [2.75, 3.05) is 18.0 Å². The van der Waals surface area contributed by atoms with Gasteiger partial charge in [-0.2, -0.15) is 31.6 Å². The molecule has 5 N–H and O–H groups in total. The number of nitrogens with two attached hydrogens (primary N) is 1. The number of alkyl halides is 6. The Morgan fingerprint density at radius 1 is 1.00 bits per heavy atom.